The van der Waals surface area contributed by atoms with Gasteiger partial charge in [0.05, 0.1) is 19.3 Å². The summed E-state index contributed by atoms with van der Waals surface area (Å²) in [6.07, 6.45) is 2.07. The van der Waals surface area contributed by atoms with Gasteiger partial charge in [0.2, 0.25) is 0 Å². The van der Waals surface area contributed by atoms with Gasteiger partial charge in [-0.1, -0.05) is 42.5 Å². The number of benzene rings is 2. The molecule has 0 saturated carbocycles. The Bertz CT molecular complexity index is 702. The molecule has 0 spiro atoms. The molecule has 1 aliphatic rings. The molecule has 0 aromatic heterocycles. The summed E-state index contributed by atoms with van der Waals surface area (Å²) in [4.78, 5) is 15.1. The topological polar surface area (TPSA) is 41.6 Å². The average Bonchev–Trinajstić information content (AvgIpc) is 2.70. The van der Waals surface area contributed by atoms with Crippen molar-refractivity contribution < 1.29 is 9.53 Å². The van der Waals surface area contributed by atoms with Crippen LogP contribution in [0.2, 0.25) is 0 Å². The van der Waals surface area contributed by atoms with Crippen LogP contribution in [0.4, 0.5) is 0 Å². The predicted molar refractivity (Wildman–Crippen MR) is 108 cm³/mol. The van der Waals surface area contributed by atoms with Gasteiger partial charge in [-0.25, -0.2) is 0 Å². The van der Waals surface area contributed by atoms with E-state index >= 15 is 0 Å². The van der Waals surface area contributed by atoms with Crippen molar-refractivity contribution in [3.8, 4) is 0 Å². The molecule has 1 saturated heterocycles. The highest BCUT2D eigenvalue weighted by Gasteiger charge is 2.23. The molecule has 1 heterocycles. The van der Waals surface area contributed by atoms with E-state index < -0.39 is 0 Å². The molecule has 1 amide bonds. The maximum Gasteiger partial charge on any atom is 0.251 e. The van der Waals surface area contributed by atoms with Crippen molar-refractivity contribution in [3.63, 3.8) is 0 Å². The molecule has 2 aromatic carbocycles. The molecule has 4 nitrogen and oxygen atoms in total. The lowest BCUT2D eigenvalue weighted by molar-refractivity contribution is 0.0162. The number of rotatable bonds is 7. The zero-order valence-electron chi connectivity index (χ0n) is 15.2. The lowest BCUT2D eigenvalue weighted by Gasteiger charge is -2.35. The fourth-order valence-electron chi connectivity index (χ4n) is 3.28. The number of nitrogens with zero attached hydrogens (tertiary/aromatic N) is 1. The Morgan fingerprint density at radius 3 is 2.65 bits per heavy atom. The lowest BCUT2D eigenvalue weighted by Crippen LogP contribution is -2.43. The molecular formula is C21H26N2O2S. The van der Waals surface area contributed by atoms with E-state index in [1.165, 1.54) is 11.1 Å². The van der Waals surface area contributed by atoms with E-state index in [1.54, 1.807) is 11.8 Å². The second-order valence-corrected chi connectivity index (χ2v) is 7.28. The normalized spacial score (nSPS) is 16.2. The van der Waals surface area contributed by atoms with Crippen molar-refractivity contribution in [3.05, 3.63) is 71.3 Å². The highest BCUT2D eigenvalue weighted by Crippen LogP contribution is 2.21. The van der Waals surface area contributed by atoms with Crippen LogP contribution in [0, 0.1) is 0 Å². The van der Waals surface area contributed by atoms with Crippen molar-refractivity contribution >= 4 is 17.7 Å². The van der Waals surface area contributed by atoms with Gasteiger partial charge < -0.3 is 10.1 Å². The monoisotopic (exact) mass is 370 g/mol. The first-order valence-corrected chi connectivity index (χ1v) is 10.4. The van der Waals surface area contributed by atoms with Crippen molar-refractivity contribution in [1.82, 2.24) is 10.2 Å². The van der Waals surface area contributed by atoms with Crippen LogP contribution in [0.5, 0.6) is 0 Å². The van der Waals surface area contributed by atoms with Crippen molar-refractivity contribution in [1.29, 1.82) is 0 Å². The summed E-state index contributed by atoms with van der Waals surface area (Å²) in [5.41, 5.74) is 3.13. The van der Waals surface area contributed by atoms with Crippen LogP contribution in [0.25, 0.3) is 0 Å². The number of hydrogen-bond donors (Lipinski definition) is 1. The molecule has 1 unspecified atom stereocenters. The molecule has 3 rings (SSSR count). The van der Waals surface area contributed by atoms with Gasteiger partial charge in [-0.15, -0.1) is 0 Å². The summed E-state index contributed by atoms with van der Waals surface area (Å²) in [5.74, 6) is 0.906. The predicted octanol–water partition coefficient (Wildman–Crippen LogP) is 3.35. The number of ether oxygens (including phenoxy) is 1. The minimum Gasteiger partial charge on any atom is -0.379 e. The van der Waals surface area contributed by atoms with Gasteiger partial charge in [-0.05, 0) is 29.5 Å². The molecule has 5 heteroatoms. The third-order valence-electron chi connectivity index (χ3n) is 4.63. The number of hydrogen-bond acceptors (Lipinski definition) is 4. The second-order valence-electron chi connectivity index (χ2n) is 6.42. The molecule has 1 N–H and O–H groups in total. The Balaban J connectivity index is 1.69. The maximum absolute atomic E-state index is 12.7. The molecule has 138 valence electrons. The lowest BCUT2D eigenvalue weighted by atomic mass is 10.0. The highest BCUT2D eigenvalue weighted by atomic mass is 32.2. The largest absolute Gasteiger partial charge is 0.379 e. The fraction of sp³-hybridized carbons (Fsp3) is 0.381. The fourth-order valence-corrected chi connectivity index (χ4v) is 3.80. The molecule has 0 bridgehead atoms. The van der Waals surface area contributed by atoms with Gasteiger partial charge in [0, 0.05) is 31.0 Å². The minimum absolute atomic E-state index is 0.0119. The van der Waals surface area contributed by atoms with E-state index in [0.717, 1.165) is 37.6 Å². The molecule has 1 fully saturated rings. The highest BCUT2D eigenvalue weighted by molar-refractivity contribution is 7.97. The van der Waals surface area contributed by atoms with E-state index in [0.29, 0.717) is 6.54 Å². The van der Waals surface area contributed by atoms with Crippen LogP contribution in [-0.2, 0) is 10.5 Å². The van der Waals surface area contributed by atoms with Crippen LogP contribution in [0.3, 0.4) is 0 Å². The van der Waals surface area contributed by atoms with Gasteiger partial charge in [-0.3, -0.25) is 9.69 Å². The smallest absolute Gasteiger partial charge is 0.251 e. The van der Waals surface area contributed by atoms with E-state index in [1.807, 2.05) is 24.3 Å². The number of carbonyl (C=O) groups is 1. The van der Waals surface area contributed by atoms with Crippen molar-refractivity contribution in [2.24, 2.45) is 0 Å². The third kappa shape index (κ3) is 5.10. The summed E-state index contributed by atoms with van der Waals surface area (Å²) in [7, 11) is 0. The number of amides is 1. The molecule has 1 aliphatic heterocycles. The zero-order valence-corrected chi connectivity index (χ0v) is 16.0. The Kier molecular flexibility index (Phi) is 7.12. The molecule has 26 heavy (non-hydrogen) atoms. The van der Waals surface area contributed by atoms with Crippen molar-refractivity contribution in [2.45, 2.75) is 11.8 Å². The van der Waals surface area contributed by atoms with Gasteiger partial charge >= 0.3 is 0 Å². The standard InChI is InChI=1S/C21H26N2O2S/c1-26-16-17-6-5-9-19(14-17)21(24)22-15-20(18-7-3-2-4-8-18)23-10-12-25-13-11-23/h2-9,14,20H,10-13,15-16H2,1H3,(H,22,24). The van der Waals surface area contributed by atoms with Crippen LogP contribution in [0.1, 0.15) is 27.5 Å². The number of nitrogens with one attached hydrogen (secondary N) is 1. The number of thioether (sulfide) groups is 1. The average molecular weight is 371 g/mol. The van der Waals surface area contributed by atoms with Crippen LogP contribution in [0.15, 0.2) is 54.6 Å². The molecule has 1 atom stereocenters. The zero-order chi connectivity index (χ0) is 18.2. The first-order chi connectivity index (χ1) is 12.8. The minimum atomic E-state index is -0.0119. The number of carbonyl (C=O) groups excluding carboxylic acids is 1. The summed E-state index contributed by atoms with van der Waals surface area (Å²) < 4.78 is 5.49. The van der Waals surface area contributed by atoms with E-state index in [-0.39, 0.29) is 11.9 Å². The first-order valence-electron chi connectivity index (χ1n) is 9.01. The van der Waals surface area contributed by atoms with Crippen LogP contribution >= 0.6 is 11.8 Å². The number of morpholine rings is 1. The quantitative estimate of drug-likeness (QED) is 0.812. The van der Waals surface area contributed by atoms with Gasteiger partial charge in [0.15, 0.2) is 0 Å². The Hall–Kier alpha value is -1.82. The summed E-state index contributed by atoms with van der Waals surface area (Å²) in [6, 6.07) is 18.4. The van der Waals surface area contributed by atoms with Crippen molar-refractivity contribution in [2.75, 3.05) is 39.1 Å². The maximum atomic E-state index is 12.7. The summed E-state index contributed by atoms with van der Waals surface area (Å²) >= 11 is 1.76. The van der Waals surface area contributed by atoms with Gasteiger partial charge in [0.1, 0.15) is 0 Å². The van der Waals surface area contributed by atoms with E-state index in [9.17, 15) is 4.79 Å². The first kappa shape index (κ1) is 19.0. The second kappa shape index (κ2) is 9.76. The summed E-state index contributed by atoms with van der Waals surface area (Å²) in [5, 5.41) is 3.14. The Labute approximate surface area is 159 Å². The van der Waals surface area contributed by atoms with Crippen LogP contribution in [-0.4, -0.2) is 49.9 Å². The van der Waals surface area contributed by atoms with Gasteiger partial charge in [-0.2, -0.15) is 11.8 Å². The Morgan fingerprint density at radius 1 is 1.15 bits per heavy atom. The van der Waals surface area contributed by atoms with E-state index in [2.05, 4.69) is 46.8 Å². The SMILES string of the molecule is CSCc1cccc(C(=O)NCC(c2ccccc2)N2CCOCC2)c1. The van der Waals surface area contributed by atoms with Crippen LogP contribution < -0.4 is 5.32 Å². The summed E-state index contributed by atoms with van der Waals surface area (Å²) in [6.45, 7) is 3.86. The molecule has 0 aliphatic carbocycles. The van der Waals surface area contributed by atoms with E-state index in [4.69, 9.17) is 4.74 Å². The van der Waals surface area contributed by atoms with Gasteiger partial charge in [0.25, 0.3) is 5.91 Å². The third-order valence-corrected chi connectivity index (χ3v) is 5.25. The Morgan fingerprint density at radius 2 is 1.92 bits per heavy atom. The molecular weight excluding hydrogens is 344 g/mol. The molecule has 2 aromatic rings. The molecule has 0 radical (unpaired) electrons.